The van der Waals surface area contributed by atoms with Gasteiger partial charge in [-0.2, -0.15) is 0 Å². The van der Waals surface area contributed by atoms with Crippen LogP contribution in [0.3, 0.4) is 0 Å². The number of carbonyl (C=O) groups is 1. The van der Waals surface area contributed by atoms with Crippen LogP contribution in [-0.2, 0) is 9.53 Å². The Hall–Kier alpha value is -1.42. The van der Waals surface area contributed by atoms with E-state index in [1.807, 2.05) is 13.0 Å². The molecule has 0 radical (unpaired) electrons. The Balaban J connectivity index is 2.88. The van der Waals surface area contributed by atoms with E-state index in [2.05, 4.69) is 9.72 Å². The van der Waals surface area contributed by atoms with Crippen molar-refractivity contribution in [1.82, 2.24) is 4.98 Å². The lowest BCUT2D eigenvalue weighted by atomic mass is 10.1. The van der Waals surface area contributed by atoms with E-state index in [0.29, 0.717) is 5.69 Å². The second-order valence-electron chi connectivity index (χ2n) is 2.76. The molecule has 0 amide bonds. The first kappa shape index (κ1) is 9.67. The van der Waals surface area contributed by atoms with Crippen LogP contribution in [-0.4, -0.2) is 18.1 Å². The van der Waals surface area contributed by atoms with Crippen molar-refractivity contribution >= 4 is 5.97 Å². The number of aryl methyl sites for hydroxylation is 1. The van der Waals surface area contributed by atoms with Crippen LogP contribution in [0.1, 0.15) is 17.3 Å². The standard InChI is InChI=1S/C9H12N2O2/c1-6-3-4-11-7(5-6)8(10)9(12)13-2/h3-5,8H,10H2,1-2H3. The zero-order chi connectivity index (χ0) is 9.84. The third-order valence-electron chi connectivity index (χ3n) is 1.71. The number of nitrogens with zero attached hydrogens (tertiary/aromatic N) is 1. The van der Waals surface area contributed by atoms with Gasteiger partial charge < -0.3 is 10.5 Å². The second kappa shape index (κ2) is 4.00. The monoisotopic (exact) mass is 180 g/mol. The molecule has 70 valence electrons. The molecule has 1 heterocycles. The van der Waals surface area contributed by atoms with Crippen molar-refractivity contribution in [1.29, 1.82) is 0 Å². The van der Waals surface area contributed by atoms with Crippen LogP contribution in [0.25, 0.3) is 0 Å². The Labute approximate surface area is 76.7 Å². The van der Waals surface area contributed by atoms with Crippen LogP contribution >= 0.6 is 0 Å². The van der Waals surface area contributed by atoms with Gasteiger partial charge in [-0.05, 0) is 24.6 Å². The van der Waals surface area contributed by atoms with E-state index < -0.39 is 12.0 Å². The van der Waals surface area contributed by atoms with Gasteiger partial charge in [0.15, 0.2) is 0 Å². The van der Waals surface area contributed by atoms with Crippen molar-refractivity contribution in [2.75, 3.05) is 7.11 Å². The van der Waals surface area contributed by atoms with Crippen LogP contribution < -0.4 is 5.73 Å². The van der Waals surface area contributed by atoms with Crippen LogP contribution in [0.2, 0.25) is 0 Å². The van der Waals surface area contributed by atoms with Gasteiger partial charge >= 0.3 is 5.97 Å². The van der Waals surface area contributed by atoms with Crippen molar-refractivity contribution in [3.63, 3.8) is 0 Å². The number of aromatic nitrogens is 1. The number of esters is 1. The average Bonchev–Trinajstić information content (AvgIpc) is 2.15. The molecular formula is C9H12N2O2. The average molecular weight is 180 g/mol. The summed E-state index contributed by atoms with van der Waals surface area (Å²) in [6.07, 6.45) is 1.62. The van der Waals surface area contributed by atoms with Crippen LogP contribution in [0.4, 0.5) is 0 Å². The summed E-state index contributed by atoms with van der Waals surface area (Å²) in [6, 6.07) is 2.82. The zero-order valence-corrected chi connectivity index (χ0v) is 7.65. The molecule has 0 bridgehead atoms. The Bertz CT molecular complexity index is 312. The highest BCUT2D eigenvalue weighted by molar-refractivity contribution is 5.76. The van der Waals surface area contributed by atoms with E-state index in [9.17, 15) is 4.79 Å². The van der Waals surface area contributed by atoms with Crippen molar-refractivity contribution < 1.29 is 9.53 Å². The van der Waals surface area contributed by atoms with E-state index in [4.69, 9.17) is 5.73 Å². The Morgan fingerprint density at radius 1 is 1.69 bits per heavy atom. The van der Waals surface area contributed by atoms with E-state index in [-0.39, 0.29) is 0 Å². The second-order valence-corrected chi connectivity index (χ2v) is 2.76. The Morgan fingerprint density at radius 2 is 2.38 bits per heavy atom. The highest BCUT2D eigenvalue weighted by Crippen LogP contribution is 2.09. The van der Waals surface area contributed by atoms with Crippen LogP contribution in [0.15, 0.2) is 18.3 Å². The van der Waals surface area contributed by atoms with Gasteiger partial charge in [-0.15, -0.1) is 0 Å². The Morgan fingerprint density at radius 3 is 2.92 bits per heavy atom. The zero-order valence-electron chi connectivity index (χ0n) is 7.65. The number of ether oxygens (including phenoxy) is 1. The summed E-state index contributed by atoms with van der Waals surface area (Å²) in [5.41, 5.74) is 7.13. The molecule has 1 aromatic heterocycles. The third-order valence-corrected chi connectivity index (χ3v) is 1.71. The summed E-state index contributed by atoms with van der Waals surface area (Å²) < 4.78 is 4.50. The predicted molar refractivity (Wildman–Crippen MR) is 47.9 cm³/mol. The summed E-state index contributed by atoms with van der Waals surface area (Å²) >= 11 is 0. The SMILES string of the molecule is COC(=O)C(N)c1cc(C)ccn1. The Kier molecular flexibility index (Phi) is 2.97. The molecule has 4 heteroatoms. The molecule has 0 saturated carbocycles. The first-order chi connectivity index (χ1) is 6.15. The van der Waals surface area contributed by atoms with E-state index in [1.54, 1.807) is 12.3 Å². The van der Waals surface area contributed by atoms with Gasteiger partial charge in [0, 0.05) is 6.20 Å². The van der Waals surface area contributed by atoms with Crippen molar-refractivity contribution in [3.8, 4) is 0 Å². The van der Waals surface area contributed by atoms with Gasteiger partial charge in [0.2, 0.25) is 0 Å². The molecule has 1 unspecified atom stereocenters. The van der Waals surface area contributed by atoms with Gasteiger partial charge in [-0.1, -0.05) is 0 Å². The highest BCUT2D eigenvalue weighted by Gasteiger charge is 2.16. The summed E-state index contributed by atoms with van der Waals surface area (Å²) in [4.78, 5) is 15.0. The highest BCUT2D eigenvalue weighted by atomic mass is 16.5. The molecule has 2 N–H and O–H groups in total. The number of carbonyl (C=O) groups excluding carboxylic acids is 1. The largest absolute Gasteiger partial charge is 0.468 e. The molecule has 0 fully saturated rings. The first-order valence-corrected chi connectivity index (χ1v) is 3.91. The van der Waals surface area contributed by atoms with E-state index >= 15 is 0 Å². The van der Waals surface area contributed by atoms with Crippen molar-refractivity contribution in [3.05, 3.63) is 29.6 Å². The molecule has 1 atom stereocenters. The quantitative estimate of drug-likeness (QED) is 0.675. The molecule has 4 nitrogen and oxygen atoms in total. The van der Waals surface area contributed by atoms with Crippen molar-refractivity contribution in [2.24, 2.45) is 5.73 Å². The number of rotatable bonds is 2. The molecule has 0 aliphatic rings. The summed E-state index contributed by atoms with van der Waals surface area (Å²) in [5.74, 6) is -0.474. The number of hydrogen-bond acceptors (Lipinski definition) is 4. The summed E-state index contributed by atoms with van der Waals surface area (Å²) in [5, 5.41) is 0. The fraction of sp³-hybridized carbons (Fsp3) is 0.333. The van der Waals surface area contributed by atoms with Gasteiger partial charge in [0.05, 0.1) is 12.8 Å². The van der Waals surface area contributed by atoms with Gasteiger partial charge in [0.1, 0.15) is 6.04 Å². The van der Waals surface area contributed by atoms with Gasteiger partial charge in [-0.3, -0.25) is 4.98 Å². The number of methoxy groups -OCH3 is 1. The lowest BCUT2D eigenvalue weighted by Gasteiger charge is -2.08. The van der Waals surface area contributed by atoms with E-state index in [0.717, 1.165) is 5.56 Å². The van der Waals surface area contributed by atoms with Gasteiger partial charge in [0.25, 0.3) is 0 Å². The van der Waals surface area contributed by atoms with Crippen LogP contribution in [0.5, 0.6) is 0 Å². The molecule has 0 saturated heterocycles. The molecule has 1 rings (SSSR count). The summed E-state index contributed by atoms with van der Waals surface area (Å²) in [7, 11) is 1.30. The minimum absolute atomic E-state index is 0.474. The number of nitrogens with two attached hydrogens (primary N) is 1. The molecule has 0 aromatic carbocycles. The maximum Gasteiger partial charge on any atom is 0.328 e. The fourth-order valence-electron chi connectivity index (χ4n) is 0.977. The van der Waals surface area contributed by atoms with Crippen LogP contribution in [0, 0.1) is 6.92 Å². The molecule has 0 aliphatic heterocycles. The molecule has 0 spiro atoms. The maximum absolute atomic E-state index is 11.0. The first-order valence-electron chi connectivity index (χ1n) is 3.91. The minimum atomic E-state index is -0.787. The summed E-state index contributed by atoms with van der Waals surface area (Å²) in [6.45, 7) is 1.91. The third kappa shape index (κ3) is 2.26. The molecular weight excluding hydrogens is 168 g/mol. The number of pyridine rings is 1. The molecule has 0 aliphatic carbocycles. The maximum atomic E-state index is 11.0. The van der Waals surface area contributed by atoms with E-state index in [1.165, 1.54) is 7.11 Å². The molecule has 13 heavy (non-hydrogen) atoms. The van der Waals surface area contributed by atoms with Crippen molar-refractivity contribution in [2.45, 2.75) is 13.0 Å². The van der Waals surface area contributed by atoms with Gasteiger partial charge in [-0.25, -0.2) is 4.79 Å². The fourth-order valence-corrected chi connectivity index (χ4v) is 0.977. The lowest BCUT2D eigenvalue weighted by Crippen LogP contribution is -2.23. The lowest BCUT2D eigenvalue weighted by molar-refractivity contribution is -0.142. The molecule has 1 aromatic rings. The smallest absolute Gasteiger partial charge is 0.328 e. The predicted octanol–water partition coefficient (Wildman–Crippen LogP) is 0.563. The topological polar surface area (TPSA) is 65.2 Å². The number of hydrogen-bond donors (Lipinski definition) is 1. The normalized spacial score (nSPS) is 12.2. The minimum Gasteiger partial charge on any atom is -0.468 e.